The Hall–Kier alpha value is 0.987. The van der Waals surface area contributed by atoms with Gasteiger partial charge in [-0.3, -0.25) is 0 Å². The van der Waals surface area contributed by atoms with Crippen LogP contribution in [-0.4, -0.2) is 8.32 Å². The lowest BCUT2D eigenvalue weighted by Gasteiger charge is -2.37. The smallest absolute Gasteiger partial charge is 0.250 e. The molecule has 5 heteroatoms. The summed E-state index contributed by atoms with van der Waals surface area (Å²) in [6, 6.07) is 3.90. The minimum atomic E-state index is -1.78. The number of benzene rings is 1. The van der Waals surface area contributed by atoms with E-state index in [2.05, 4.69) is 79.0 Å². The van der Waals surface area contributed by atoms with Crippen molar-refractivity contribution in [1.82, 2.24) is 0 Å². The second-order valence-electron chi connectivity index (χ2n) is 5.56. The Morgan fingerprint density at radius 3 is 1.88 bits per heavy atom. The zero-order chi connectivity index (χ0) is 13.4. The highest BCUT2D eigenvalue weighted by Crippen LogP contribution is 2.40. The number of hydrogen-bond donors (Lipinski definition) is 0. The molecule has 0 amide bonds. The summed E-state index contributed by atoms with van der Waals surface area (Å²) in [6.07, 6.45) is 0. The molecule has 1 rings (SSSR count). The molecule has 0 fully saturated rings. The van der Waals surface area contributed by atoms with E-state index in [1.165, 1.54) is 0 Å². The first-order chi connectivity index (χ1) is 7.54. The topological polar surface area (TPSA) is 9.23 Å². The molecule has 1 nitrogen and oxygen atoms in total. The molecule has 0 unspecified atom stereocenters. The Bertz CT molecular complexity index is 404. The Morgan fingerprint density at radius 2 is 1.53 bits per heavy atom. The molecule has 0 radical (unpaired) electrons. The molecule has 0 saturated heterocycles. The van der Waals surface area contributed by atoms with Crippen molar-refractivity contribution in [3.8, 4) is 5.75 Å². The van der Waals surface area contributed by atoms with E-state index in [4.69, 9.17) is 16.0 Å². The zero-order valence-corrected chi connectivity index (χ0v) is 16.8. The summed E-state index contributed by atoms with van der Waals surface area (Å²) < 4.78 is 8.52. The Labute approximate surface area is 137 Å². The van der Waals surface area contributed by atoms with Gasteiger partial charge in [0, 0.05) is 5.02 Å². The lowest BCUT2D eigenvalue weighted by atomic mass is 10.2. The van der Waals surface area contributed by atoms with Crippen molar-refractivity contribution in [2.75, 3.05) is 0 Å². The van der Waals surface area contributed by atoms with Crippen molar-refractivity contribution >= 4 is 65.1 Å². The van der Waals surface area contributed by atoms with Crippen LogP contribution in [0.2, 0.25) is 23.2 Å². The van der Waals surface area contributed by atoms with Gasteiger partial charge >= 0.3 is 0 Å². The van der Waals surface area contributed by atoms with E-state index < -0.39 is 8.32 Å². The van der Waals surface area contributed by atoms with Crippen molar-refractivity contribution in [3.63, 3.8) is 0 Å². The highest BCUT2D eigenvalue weighted by Gasteiger charge is 2.39. The van der Waals surface area contributed by atoms with Gasteiger partial charge in [-0.05, 0) is 75.4 Å². The van der Waals surface area contributed by atoms with E-state index in [0.717, 1.165) is 17.9 Å². The maximum absolute atomic E-state index is 6.35. The number of rotatable bonds is 2. The Morgan fingerprint density at radius 1 is 1.12 bits per heavy atom. The third-order valence-corrected chi connectivity index (χ3v) is 9.27. The van der Waals surface area contributed by atoms with Gasteiger partial charge in [-0.15, -0.1) is 0 Å². The van der Waals surface area contributed by atoms with Crippen LogP contribution >= 0.6 is 56.8 Å². The average Bonchev–Trinajstić information content (AvgIpc) is 2.09. The fourth-order valence-corrected chi connectivity index (χ4v) is 5.06. The van der Waals surface area contributed by atoms with Crippen molar-refractivity contribution in [3.05, 3.63) is 24.3 Å². The molecule has 0 atom stereocenters. The minimum Gasteiger partial charge on any atom is -0.542 e. The van der Waals surface area contributed by atoms with E-state index >= 15 is 0 Å². The average molecular weight is 495 g/mol. The fourth-order valence-electron chi connectivity index (χ4n) is 1.03. The molecule has 0 spiro atoms. The van der Waals surface area contributed by atoms with Crippen LogP contribution in [0.1, 0.15) is 20.8 Å². The first-order valence-electron chi connectivity index (χ1n) is 5.38. The van der Waals surface area contributed by atoms with E-state index in [9.17, 15) is 0 Å². The first kappa shape index (κ1) is 16.0. The molecule has 0 aliphatic rings. The predicted molar refractivity (Wildman–Crippen MR) is 94.7 cm³/mol. The van der Waals surface area contributed by atoms with Crippen molar-refractivity contribution in [2.45, 2.75) is 38.9 Å². The molecule has 0 aliphatic carbocycles. The lowest BCUT2D eigenvalue weighted by molar-refractivity contribution is 0.487. The van der Waals surface area contributed by atoms with Crippen LogP contribution in [-0.2, 0) is 0 Å². The lowest BCUT2D eigenvalue weighted by Crippen LogP contribution is -2.44. The van der Waals surface area contributed by atoms with Gasteiger partial charge in [0.2, 0.25) is 0 Å². The monoisotopic (exact) mass is 494 g/mol. The minimum absolute atomic E-state index is 0.207. The van der Waals surface area contributed by atoms with E-state index in [-0.39, 0.29) is 5.04 Å². The third kappa shape index (κ3) is 3.97. The van der Waals surface area contributed by atoms with Gasteiger partial charge < -0.3 is 4.43 Å². The highest BCUT2D eigenvalue weighted by molar-refractivity contribution is 14.1. The van der Waals surface area contributed by atoms with Crippen LogP contribution in [0.4, 0.5) is 0 Å². The quantitative estimate of drug-likeness (QED) is 0.366. The van der Waals surface area contributed by atoms with Crippen LogP contribution in [0.3, 0.4) is 0 Å². The second-order valence-corrected chi connectivity index (χ2v) is 13.0. The normalized spacial score (nSPS) is 12.7. The number of halogens is 3. The molecule has 0 saturated carbocycles. The van der Waals surface area contributed by atoms with Crippen molar-refractivity contribution in [2.24, 2.45) is 0 Å². The van der Waals surface area contributed by atoms with Gasteiger partial charge in [0.25, 0.3) is 8.32 Å². The summed E-state index contributed by atoms with van der Waals surface area (Å²) in [4.78, 5) is 0. The molecular weight excluding hydrogens is 477 g/mol. The van der Waals surface area contributed by atoms with E-state index in [1.807, 2.05) is 12.1 Å². The summed E-state index contributed by atoms with van der Waals surface area (Å²) in [6.45, 7) is 11.3. The molecule has 96 valence electrons. The van der Waals surface area contributed by atoms with Gasteiger partial charge in [0.1, 0.15) is 5.75 Å². The van der Waals surface area contributed by atoms with Crippen molar-refractivity contribution < 1.29 is 4.43 Å². The molecular formula is C12H17ClI2OSi. The highest BCUT2D eigenvalue weighted by atomic mass is 127. The van der Waals surface area contributed by atoms with Gasteiger partial charge in [-0.2, -0.15) is 0 Å². The standard InChI is InChI=1S/C12H17ClI2OSi/c1-12(2,3)17(4,5)16-11-9(14)6-8(13)7-10(11)15/h6-7H,1-5H3. The molecule has 0 N–H and O–H groups in total. The molecule has 0 aromatic heterocycles. The largest absolute Gasteiger partial charge is 0.542 e. The first-order valence-corrected chi connectivity index (χ1v) is 10.8. The Kier molecular flexibility index (Phi) is 5.23. The van der Waals surface area contributed by atoms with Gasteiger partial charge in [0.15, 0.2) is 0 Å². The molecule has 1 aromatic rings. The molecule has 0 aliphatic heterocycles. The zero-order valence-electron chi connectivity index (χ0n) is 10.7. The second kappa shape index (κ2) is 5.54. The fraction of sp³-hybridized carbons (Fsp3) is 0.500. The van der Waals surface area contributed by atoms with Crippen LogP contribution < -0.4 is 4.43 Å². The molecule has 1 aromatic carbocycles. The van der Waals surface area contributed by atoms with Crippen LogP contribution in [0.25, 0.3) is 0 Å². The van der Waals surface area contributed by atoms with Gasteiger partial charge in [0.05, 0.1) is 7.14 Å². The van der Waals surface area contributed by atoms with E-state index in [1.54, 1.807) is 0 Å². The van der Waals surface area contributed by atoms with Crippen LogP contribution in [0, 0.1) is 7.14 Å². The molecule has 0 heterocycles. The van der Waals surface area contributed by atoms with Gasteiger partial charge in [-0.1, -0.05) is 32.4 Å². The summed E-state index contributed by atoms with van der Waals surface area (Å²) in [7, 11) is -1.78. The maximum atomic E-state index is 6.35. The number of hydrogen-bond acceptors (Lipinski definition) is 1. The Balaban J connectivity index is 3.13. The molecule has 0 bridgehead atoms. The van der Waals surface area contributed by atoms with E-state index in [0.29, 0.717) is 0 Å². The summed E-state index contributed by atoms with van der Waals surface area (Å²) in [5.74, 6) is 0.988. The van der Waals surface area contributed by atoms with Crippen molar-refractivity contribution in [1.29, 1.82) is 0 Å². The third-order valence-electron chi connectivity index (χ3n) is 3.13. The maximum Gasteiger partial charge on any atom is 0.250 e. The molecule has 17 heavy (non-hydrogen) atoms. The summed E-state index contributed by atoms with van der Waals surface area (Å²) in [5.41, 5.74) is 0. The summed E-state index contributed by atoms with van der Waals surface area (Å²) >= 11 is 10.6. The predicted octanol–water partition coefficient (Wildman–Crippen LogP) is 5.93. The summed E-state index contributed by atoms with van der Waals surface area (Å²) in [5, 5.41) is 0.972. The SMILES string of the molecule is CC(C)(C)[Si](C)(C)Oc1c(I)cc(Cl)cc1I. The van der Waals surface area contributed by atoms with Crippen LogP contribution in [0.15, 0.2) is 12.1 Å². The van der Waals surface area contributed by atoms with Crippen LogP contribution in [0.5, 0.6) is 5.75 Å². The van der Waals surface area contributed by atoms with Gasteiger partial charge in [-0.25, -0.2) is 0 Å².